The summed E-state index contributed by atoms with van der Waals surface area (Å²) in [5, 5.41) is 13.0. The first-order valence-corrected chi connectivity index (χ1v) is 13.2. The maximum Gasteiger partial charge on any atom is 0.469 e. The first-order valence-electron chi connectivity index (χ1n) is 11.6. The number of aromatic amines is 1. The second kappa shape index (κ2) is 13.8. The van der Waals surface area contributed by atoms with Crippen molar-refractivity contribution >= 4 is 30.7 Å². The van der Waals surface area contributed by atoms with Crippen LogP contribution in [0.4, 0.5) is 5.95 Å². The number of anilines is 1. The van der Waals surface area contributed by atoms with Gasteiger partial charge in [0.15, 0.2) is 5.65 Å². The van der Waals surface area contributed by atoms with Crippen molar-refractivity contribution in [1.29, 1.82) is 0 Å². The molecule has 2 aromatic rings. The number of nitrogen functional groups attached to an aromatic ring is 1. The molecule has 0 aliphatic carbocycles. The van der Waals surface area contributed by atoms with Crippen LogP contribution in [0.1, 0.15) is 24.6 Å². The molecule has 1 aliphatic heterocycles. The number of hydrogen-bond acceptors (Lipinski definition) is 11. The highest BCUT2D eigenvalue weighted by molar-refractivity contribution is 7.46. The van der Waals surface area contributed by atoms with Crippen molar-refractivity contribution in [2.45, 2.75) is 31.3 Å². The van der Waals surface area contributed by atoms with Crippen LogP contribution in [0.3, 0.4) is 0 Å². The van der Waals surface area contributed by atoms with E-state index in [1.807, 2.05) is 0 Å². The van der Waals surface area contributed by atoms with Gasteiger partial charge in [0.1, 0.15) is 12.3 Å². The van der Waals surface area contributed by atoms with Crippen LogP contribution < -0.4 is 22.3 Å². The lowest BCUT2D eigenvalue weighted by Gasteiger charge is -2.16. The smallest absolute Gasteiger partial charge is 0.390 e. The average molecular weight is 558 g/mol. The number of phosphoric ester groups is 1. The molecule has 16 nitrogen and oxygen atoms in total. The van der Waals surface area contributed by atoms with Crippen molar-refractivity contribution in [2.75, 3.05) is 51.9 Å². The maximum absolute atomic E-state index is 12.6. The standard InChI is InChI=1S/C21H31N6O10P/c22-4-7-35-9-8-34-6-3-16(29)24-5-1-2-13-11-27(19-18(13)20(30)26-21(23)25-19)17-10-14(28)15(37-17)12-36-38(31,32)33/h11,14-15,17,28H,3-10,12,22H2,(H,24,29)(H2,31,32,33)(H3,23,25,26,30)/t14-,15-,17-/m1/s1. The zero-order valence-corrected chi connectivity index (χ0v) is 21.3. The van der Waals surface area contributed by atoms with E-state index in [1.165, 1.54) is 10.8 Å². The molecule has 9 N–H and O–H groups in total. The Bertz CT molecular complexity index is 1260. The lowest BCUT2D eigenvalue weighted by molar-refractivity contribution is -0.122. The molecule has 0 unspecified atom stereocenters. The molecule has 3 heterocycles. The van der Waals surface area contributed by atoms with Crippen molar-refractivity contribution in [3.05, 3.63) is 22.1 Å². The predicted molar refractivity (Wildman–Crippen MR) is 132 cm³/mol. The summed E-state index contributed by atoms with van der Waals surface area (Å²) in [6, 6.07) is 0. The first kappa shape index (κ1) is 29.7. The quantitative estimate of drug-likeness (QED) is 0.0793. The van der Waals surface area contributed by atoms with Gasteiger partial charge in [-0.1, -0.05) is 11.8 Å². The van der Waals surface area contributed by atoms with Crippen LogP contribution in [-0.4, -0.2) is 93.7 Å². The minimum absolute atomic E-state index is 0.00581. The number of amides is 1. The van der Waals surface area contributed by atoms with Gasteiger partial charge in [-0.15, -0.1) is 0 Å². The Hall–Kier alpha value is -2.84. The zero-order valence-electron chi connectivity index (χ0n) is 20.4. The fraction of sp³-hybridized carbons (Fsp3) is 0.571. The summed E-state index contributed by atoms with van der Waals surface area (Å²) in [6.45, 7) is 1.30. The number of aromatic nitrogens is 3. The third kappa shape index (κ3) is 8.60. The fourth-order valence-corrected chi connectivity index (χ4v) is 3.98. The Morgan fingerprint density at radius 3 is 2.76 bits per heavy atom. The molecular weight excluding hydrogens is 527 g/mol. The van der Waals surface area contributed by atoms with E-state index in [1.54, 1.807) is 0 Å². The summed E-state index contributed by atoms with van der Waals surface area (Å²) >= 11 is 0. The molecule has 1 amide bonds. The van der Waals surface area contributed by atoms with Gasteiger partial charge in [-0.2, -0.15) is 4.98 Å². The molecule has 0 radical (unpaired) electrons. The number of rotatable bonds is 13. The number of carbonyl (C=O) groups is 1. The highest BCUT2D eigenvalue weighted by Gasteiger charge is 2.37. The molecule has 1 saturated heterocycles. The van der Waals surface area contributed by atoms with Gasteiger partial charge in [0.2, 0.25) is 11.9 Å². The van der Waals surface area contributed by atoms with E-state index in [-0.39, 0.29) is 54.4 Å². The number of H-pyrrole nitrogens is 1. The number of aliphatic hydroxyl groups excluding tert-OH is 1. The molecule has 3 rings (SSSR count). The summed E-state index contributed by atoms with van der Waals surface area (Å²) in [6.07, 6.45) is -1.33. The Morgan fingerprint density at radius 2 is 2.05 bits per heavy atom. The van der Waals surface area contributed by atoms with E-state index in [0.717, 1.165) is 0 Å². The average Bonchev–Trinajstić information content (AvgIpc) is 3.39. The molecule has 38 heavy (non-hydrogen) atoms. The van der Waals surface area contributed by atoms with Gasteiger partial charge >= 0.3 is 7.82 Å². The molecule has 0 saturated carbocycles. The highest BCUT2D eigenvalue weighted by atomic mass is 31.2. The van der Waals surface area contributed by atoms with Gasteiger partial charge in [-0.3, -0.25) is 19.1 Å². The minimum Gasteiger partial charge on any atom is -0.390 e. The lowest BCUT2D eigenvalue weighted by Crippen LogP contribution is -2.25. The molecule has 0 bridgehead atoms. The lowest BCUT2D eigenvalue weighted by atomic mass is 10.2. The SMILES string of the molecule is NCCOCCOCCC(=O)NCC#Cc1cn([C@H]2C[C@@H](O)[C@@H](COP(=O)(O)O)O2)c2nc(N)[nH]c(=O)c12. The van der Waals surface area contributed by atoms with Crippen molar-refractivity contribution in [2.24, 2.45) is 5.73 Å². The Balaban J connectivity index is 1.64. The number of hydrogen-bond donors (Lipinski definition) is 7. The number of phosphoric acid groups is 1. The number of ether oxygens (including phenoxy) is 3. The van der Waals surface area contributed by atoms with Crippen LogP contribution in [0.5, 0.6) is 0 Å². The molecule has 1 aliphatic rings. The van der Waals surface area contributed by atoms with Crippen LogP contribution in [-0.2, 0) is 28.1 Å². The summed E-state index contributed by atoms with van der Waals surface area (Å²) in [5.74, 6) is 5.17. The van der Waals surface area contributed by atoms with E-state index in [2.05, 4.69) is 31.6 Å². The topological polar surface area (TPSA) is 246 Å². The number of nitrogens with zero attached hydrogens (tertiary/aromatic N) is 2. The predicted octanol–water partition coefficient (Wildman–Crippen LogP) is -2.09. The van der Waals surface area contributed by atoms with Crippen LogP contribution in [0.15, 0.2) is 11.0 Å². The van der Waals surface area contributed by atoms with Crippen molar-refractivity contribution in [1.82, 2.24) is 19.9 Å². The van der Waals surface area contributed by atoms with E-state index in [9.17, 15) is 19.3 Å². The van der Waals surface area contributed by atoms with Gasteiger partial charge in [0.05, 0.1) is 56.6 Å². The fourth-order valence-electron chi connectivity index (χ4n) is 3.63. The molecule has 3 atom stereocenters. The normalized spacial score (nSPS) is 19.4. The van der Waals surface area contributed by atoms with Crippen LogP contribution >= 0.6 is 7.82 Å². The Morgan fingerprint density at radius 1 is 1.32 bits per heavy atom. The molecule has 1 fully saturated rings. The van der Waals surface area contributed by atoms with Crippen molar-refractivity contribution in [3.8, 4) is 11.8 Å². The zero-order chi connectivity index (χ0) is 27.7. The van der Waals surface area contributed by atoms with Gasteiger partial charge < -0.3 is 50.5 Å². The second-order valence-corrected chi connectivity index (χ2v) is 9.40. The third-order valence-corrected chi connectivity index (χ3v) is 5.81. The summed E-state index contributed by atoms with van der Waals surface area (Å²) in [4.78, 5) is 48.9. The summed E-state index contributed by atoms with van der Waals surface area (Å²) in [7, 11) is -4.76. The Labute approximate surface area is 216 Å². The van der Waals surface area contributed by atoms with E-state index >= 15 is 0 Å². The minimum atomic E-state index is -4.76. The highest BCUT2D eigenvalue weighted by Crippen LogP contribution is 2.38. The monoisotopic (exact) mass is 558 g/mol. The summed E-state index contributed by atoms with van der Waals surface area (Å²) in [5.41, 5.74) is 10.9. The van der Waals surface area contributed by atoms with Gasteiger partial charge in [0, 0.05) is 25.6 Å². The number of aliphatic hydroxyl groups is 1. The van der Waals surface area contributed by atoms with E-state index in [4.69, 9.17) is 35.5 Å². The molecule has 17 heteroatoms. The number of fused-ring (bicyclic) bond motifs is 1. The number of carbonyl (C=O) groups excluding carboxylic acids is 1. The van der Waals surface area contributed by atoms with Crippen LogP contribution in [0.2, 0.25) is 0 Å². The molecule has 0 aromatic carbocycles. The summed E-state index contributed by atoms with van der Waals surface area (Å²) < 4.78 is 33.1. The van der Waals surface area contributed by atoms with Gasteiger partial charge in [-0.25, -0.2) is 4.57 Å². The molecule has 210 valence electrons. The second-order valence-electron chi connectivity index (χ2n) is 8.16. The van der Waals surface area contributed by atoms with Gasteiger partial charge in [-0.05, 0) is 0 Å². The largest absolute Gasteiger partial charge is 0.469 e. The molecule has 0 spiro atoms. The first-order chi connectivity index (χ1) is 18.1. The number of nitrogens with two attached hydrogens (primary N) is 2. The van der Waals surface area contributed by atoms with Crippen molar-refractivity contribution in [3.63, 3.8) is 0 Å². The Kier molecular flexibility index (Phi) is 10.8. The molecule has 2 aromatic heterocycles. The number of nitrogens with one attached hydrogen (secondary N) is 2. The molecular formula is C21H31N6O10P. The van der Waals surface area contributed by atoms with E-state index < -0.39 is 38.4 Å². The van der Waals surface area contributed by atoms with E-state index in [0.29, 0.717) is 26.4 Å². The van der Waals surface area contributed by atoms with Gasteiger partial charge in [0.25, 0.3) is 5.56 Å². The van der Waals surface area contributed by atoms with Crippen LogP contribution in [0, 0.1) is 11.8 Å². The van der Waals surface area contributed by atoms with Crippen molar-refractivity contribution < 1.29 is 43.0 Å². The maximum atomic E-state index is 12.6. The van der Waals surface area contributed by atoms with Crippen LogP contribution in [0.25, 0.3) is 11.0 Å². The third-order valence-electron chi connectivity index (χ3n) is 5.33.